The molecule has 0 radical (unpaired) electrons. The molecule has 1 saturated heterocycles. The molecule has 1 fully saturated rings. The number of nitrogens with zero attached hydrogens (tertiary/aromatic N) is 2. The Kier molecular flexibility index (Phi) is 8.07. The molecule has 3 heteroatoms. The highest BCUT2D eigenvalue weighted by atomic mass is 15.2. The Balaban J connectivity index is 2.07. The average molecular weight is 318 g/mol. The van der Waals surface area contributed by atoms with Crippen LogP contribution in [-0.4, -0.2) is 56.1 Å². The second-order valence-electron chi connectivity index (χ2n) is 6.89. The van der Waals surface area contributed by atoms with E-state index in [9.17, 15) is 0 Å². The van der Waals surface area contributed by atoms with E-state index in [1.807, 2.05) is 0 Å². The Hall–Kier alpha value is -0.900. The predicted octanol–water partition coefficient (Wildman–Crippen LogP) is 3.32. The van der Waals surface area contributed by atoms with Crippen LogP contribution in [0.2, 0.25) is 0 Å². The van der Waals surface area contributed by atoms with Crippen molar-refractivity contribution < 1.29 is 0 Å². The van der Waals surface area contributed by atoms with E-state index in [-0.39, 0.29) is 0 Å². The summed E-state index contributed by atoms with van der Waals surface area (Å²) in [4.78, 5) is 5.17. The number of unbranched alkanes of at least 4 members (excludes halogenated alkanes) is 1. The molecule has 23 heavy (non-hydrogen) atoms. The average Bonchev–Trinajstić information content (AvgIpc) is 2.59. The lowest BCUT2D eigenvalue weighted by Gasteiger charge is -2.35. The summed E-state index contributed by atoms with van der Waals surface area (Å²) in [5, 5.41) is 3.46. The number of hydrogen-bond donors (Lipinski definition) is 1. The molecule has 0 saturated carbocycles. The molecule has 0 aromatic heterocycles. The van der Waals surface area contributed by atoms with Gasteiger partial charge in [0, 0.05) is 38.8 Å². The van der Waals surface area contributed by atoms with Crippen LogP contribution in [0.15, 0.2) is 24.3 Å². The summed E-state index contributed by atoms with van der Waals surface area (Å²) in [6.07, 6.45) is 4.96. The number of piperazine rings is 1. The van der Waals surface area contributed by atoms with Gasteiger partial charge in [-0.05, 0) is 37.6 Å². The van der Waals surface area contributed by atoms with Gasteiger partial charge in [-0.1, -0.05) is 51.0 Å². The van der Waals surface area contributed by atoms with E-state index in [4.69, 9.17) is 0 Å². The third kappa shape index (κ3) is 5.91. The van der Waals surface area contributed by atoms with Gasteiger partial charge in [-0.15, -0.1) is 0 Å². The van der Waals surface area contributed by atoms with Crippen molar-refractivity contribution in [1.82, 2.24) is 15.1 Å². The standard InChI is InChI=1S/C20H35N3/c1-4-6-14-22(3)20(17-23-15-12-21-13-16-23)19-10-8-18(7-5-2)9-11-19/h8-11,20-21H,4-7,12-17H2,1-3H3. The zero-order valence-electron chi connectivity index (χ0n) is 15.4. The monoisotopic (exact) mass is 317 g/mol. The molecule has 130 valence electrons. The highest BCUT2D eigenvalue weighted by molar-refractivity contribution is 5.25. The summed E-state index contributed by atoms with van der Waals surface area (Å²) in [5.41, 5.74) is 2.94. The molecule has 1 heterocycles. The zero-order valence-corrected chi connectivity index (χ0v) is 15.4. The Labute approximate surface area is 143 Å². The van der Waals surface area contributed by atoms with Crippen LogP contribution >= 0.6 is 0 Å². The lowest BCUT2D eigenvalue weighted by atomic mass is 10.0. The predicted molar refractivity (Wildman–Crippen MR) is 100 cm³/mol. The maximum absolute atomic E-state index is 3.46. The first-order valence-electron chi connectivity index (χ1n) is 9.46. The van der Waals surface area contributed by atoms with E-state index in [1.165, 1.54) is 56.4 Å². The first-order chi connectivity index (χ1) is 11.2. The van der Waals surface area contributed by atoms with Gasteiger partial charge in [0.15, 0.2) is 0 Å². The minimum absolute atomic E-state index is 0.510. The van der Waals surface area contributed by atoms with E-state index >= 15 is 0 Å². The number of rotatable bonds is 9. The smallest absolute Gasteiger partial charge is 0.0472 e. The summed E-state index contributed by atoms with van der Waals surface area (Å²) in [6, 6.07) is 9.89. The molecule has 3 nitrogen and oxygen atoms in total. The number of aryl methyl sites for hydroxylation is 1. The van der Waals surface area contributed by atoms with Gasteiger partial charge >= 0.3 is 0 Å². The Bertz CT molecular complexity index is 423. The lowest BCUT2D eigenvalue weighted by Crippen LogP contribution is -2.47. The van der Waals surface area contributed by atoms with Gasteiger partial charge < -0.3 is 5.32 Å². The van der Waals surface area contributed by atoms with Crippen molar-refractivity contribution in [3.05, 3.63) is 35.4 Å². The van der Waals surface area contributed by atoms with Gasteiger partial charge in [0.05, 0.1) is 0 Å². The van der Waals surface area contributed by atoms with Crippen LogP contribution < -0.4 is 5.32 Å². The number of likely N-dealkylation sites (N-methyl/N-ethyl adjacent to an activating group) is 1. The molecule has 1 unspecified atom stereocenters. The Morgan fingerprint density at radius 3 is 2.39 bits per heavy atom. The molecule has 0 bridgehead atoms. The molecule has 0 spiro atoms. The van der Waals surface area contributed by atoms with Gasteiger partial charge in [-0.3, -0.25) is 9.80 Å². The SMILES string of the molecule is CCCCN(C)C(CN1CCNCC1)c1ccc(CCC)cc1. The highest BCUT2D eigenvalue weighted by Crippen LogP contribution is 2.22. The summed E-state index contributed by atoms with van der Waals surface area (Å²) >= 11 is 0. The molecule has 1 N–H and O–H groups in total. The van der Waals surface area contributed by atoms with Gasteiger partial charge in [0.1, 0.15) is 0 Å². The zero-order chi connectivity index (χ0) is 16.5. The fourth-order valence-electron chi connectivity index (χ4n) is 3.40. The molecule has 1 aliphatic heterocycles. The third-order valence-electron chi connectivity index (χ3n) is 4.94. The van der Waals surface area contributed by atoms with Crippen molar-refractivity contribution in [2.24, 2.45) is 0 Å². The van der Waals surface area contributed by atoms with Crippen LogP contribution in [0, 0.1) is 0 Å². The fourth-order valence-corrected chi connectivity index (χ4v) is 3.40. The molecular weight excluding hydrogens is 282 g/mol. The lowest BCUT2D eigenvalue weighted by molar-refractivity contribution is 0.149. The molecule has 1 atom stereocenters. The van der Waals surface area contributed by atoms with Crippen molar-refractivity contribution in [3.63, 3.8) is 0 Å². The molecule has 1 aliphatic rings. The normalized spacial score (nSPS) is 17.6. The maximum atomic E-state index is 3.46. The van der Waals surface area contributed by atoms with E-state index in [2.05, 4.69) is 60.3 Å². The molecule has 2 rings (SSSR count). The third-order valence-corrected chi connectivity index (χ3v) is 4.94. The number of nitrogens with one attached hydrogen (secondary N) is 1. The van der Waals surface area contributed by atoms with Gasteiger partial charge in [0.25, 0.3) is 0 Å². The number of benzene rings is 1. The molecule has 1 aromatic rings. The van der Waals surface area contributed by atoms with Gasteiger partial charge in [-0.2, -0.15) is 0 Å². The van der Waals surface area contributed by atoms with Gasteiger partial charge in [0.2, 0.25) is 0 Å². The largest absolute Gasteiger partial charge is 0.314 e. The minimum Gasteiger partial charge on any atom is -0.314 e. The fraction of sp³-hybridized carbons (Fsp3) is 0.700. The van der Waals surface area contributed by atoms with E-state index in [0.717, 1.165) is 19.6 Å². The quantitative estimate of drug-likeness (QED) is 0.754. The van der Waals surface area contributed by atoms with Gasteiger partial charge in [-0.25, -0.2) is 0 Å². The van der Waals surface area contributed by atoms with Crippen LogP contribution in [0.25, 0.3) is 0 Å². The summed E-state index contributed by atoms with van der Waals surface area (Å²) in [7, 11) is 2.29. The van der Waals surface area contributed by atoms with Crippen LogP contribution in [0.5, 0.6) is 0 Å². The summed E-state index contributed by atoms with van der Waals surface area (Å²) in [6.45, 7) is 11.5. The van der Waals surface area contributed by atoms with Crippen molar-refractivity contribution in [1.29, 1.82) is 0 Å². The maximum Gasteiger partial charge on any atom is 0.0472 e. The van der Waals surface area contributed by atoms with E-state index < -0.39 is 0 Å². The first kappa shape index (κ1) is 18.4. The molecule has 0 amide bonds. The van der Waals surface area contributed by atoms with E-state index in [1.54, 1.807) is 0 Å². The topological polar surface area (TPSA) is 18.5 Å². The molecule has 0 aliphatic carbocycles. The van der Waals surface area contributed by atoms with Crippen LogP contribution in [0.4, 0.5) is 0 Å². The van der Waals surface area contributed by atoms with Crippen molar-refractivity contribution in [3.8, 4) is 0 Å². The van der Waals surface area contributed by atoms with Crippen molar-refractivity contribution in [2.45, 2.75) is 45.6 Å². The van der Waals surface area contributed by atoms with Crippen LogP contribution in [0.1, 0.15) is 50.3 Å². The summed E-state index contributed by atoms with van der Waals surface area (Å²) in [5.74, 6) is 0. The molecular formula is C20H35N3. The molecule has 1 aromatic carbocycles. The van der Waals surface area contributed by atoms with Crippen molar-refractivity contribution in [2.75, 3.05) is 46.3 Å². The Morgan fingerprint density at radius 1 is 1.09 bits per heavy atom. The summed E-state index contributed by atoms with van der Waals surface area (Å²) < 4.78 is 0. The van der Waals surface area contributed by atoms with Crippen LogP contribution in [-0.2, 0) is 6.42 Å². The van der Waals surface area contributed by atoms with Crippen molar-refractivity contribution >= 4 is 0 Å². The van der Waals surface area contributed by atoms with Crippen LogP contribution in [0.3, 0.4) is 0 Å². The highest BCUT2D eigenvalue weighted by Gasteiger charge is 2.21. The number of hydrogen-bond acceptors (Lipinski definition) is 3. The van der Waals surface area contributed by atoms with E-state index in [0.29, 0.717) is 6.04 Å². The Morgan fingerprint density at radius 2 is 1.78 bits per heavy atom. The first-order valence-corrected chi connectivity index (χ1v) is 9.46. The minimum atomic E-state index is 0.510. The second-order valence-corrected chi connectivity index (χ2v) is 6.89. The second kappa shape index (κ2) is 10.1.